The van der Waals surface area contributed by atoms with Crippen molar-refractivity contribution >= 4 is 33.6 Å². The summed E-state index contributed by atoms with van der Waals surface area (Å²) in [6.45, 7) is 2.59. The molecule has 3 aromatic carbocycles. The molecular weight excluding hydrogens is 585 g/mol. The van der Waals surface area contributed by atoms with Gasteiger partial charge >= 0.3 is 11.9 Å². The van der Waals surface area contributed by atoms with Crippen LogP contribution in [-0.4, -0.2) is 97.8 Å². The van der Waals surface area contributed by atoms with E-state index < -0.39 is 22.0 Å². The Bertz CT molecular complexity index is 1500. The summed E-state index contributed by atoms with van der Waals surface area (Å²) < 4.78 is 47.4. The van der Waals surface area contributed by atoms with Gasteiger partial charge in [-0.25, -0.2) is 22.4 Å². The number of para-hydroxylation sites is 2. The first-order valence-corrected chi connectivity index (χ1v) is 14.5. The summed E-state index contributed by atoms with van der Waals surface area (Å²) in [5.74, 6) is -3.75. The van der Waals surface area contributed by atoms with E-state index in [-0.39, 0.29) is 29.8 Å². The van der Waals surface area contributed by atoms with Gasteiger partial charge in [0.1, 0.15) is 11.6 Å². The van der Waals surface area contributed by atoms with Crippen LogP contribution in [-0.2, 0) is 26.2 Å². The number of aliphatic carboxylic acids is 2. The van der Waals surface area contributed by atoms with E-state index in [4.69, 9.17) is 24.5 Å². The van der Waals surface area contributed by atoms with Gasteiger partial charge in [0.05, 0.1) is 24.3 Å². The van der Waals surface area contributed by atoms with Crippen LogP contribution in [0.25, 0.3) is 0 Å². The molecule has 0 atom stereocenters. The Morgan fingerprint density at radius 1 is 0.884 bits per heavy atom. The topological polar surface area (TPSA) is 165 Å². The maximum Gasteiger partial charge on any atom is 0.414 e. The molecular formula is C29H32FN3O9S. The van der Waals surface area contributed by atoms with Crippen LogP contribution in [0.3, 0.4) is 0 Å². The lowest BCUT2D eigenvalue weighted by atomic mass is 10.2. The van der Waals surface area contributed by atoms with Crippen molar-refractivity contribution in [2.75, 3.05) is 50.7 Å². The number of nitrogens with zero attached hydrogens (tertiary/aromatic N) is 3. The summed E-state index contributed by atoms with van der Waals surface area (Å²) >= 11 is 0. The van der Waals surface area contributed by atoms with Crippen LogP contribution < -0.4 is 9.04 Å². The highest BCUT2D eigenvalue weighted by molar-refractivity contribution is 7.92. The number of halogens is 1. The lowest BCUT2D eigenvalue weighted by Gasteiger charge is -2.36. The molecule has 0 bridgehead atoms. The molecule has 1 aliphatic heterocycles. The zero-order valence-corrected chi connectivity index (χ0v) is 24.1. The first-order chi connectivity index (χ1) is 20.5. The van der Waals surface area contributed by atoms with Gasteiger partial charge in [-0.2, -0.15) is 0 Å². The van der Waals surface area contributed by atoms with Crippen molar-refractivity contribution in [1.29, 1.82) is 0 Å². The largest absolute Gasteiger partial charge is 0.495 e. The standard InChI is InChI=1S/C27H30FN3O5S.C2H2O4/c1-36-26-5-3-2-4-25(26)31(37(34,35)24-12-6-21(20-32)7-13-24)19-16-29-14-17-30(18-15-29)27(33)22-8-10-23(28)11-9-22;3-1(4)2(5)6/h2-13,32H,14-20H2,1H3;(H,3,4)(H,5,6). The average Bonchev–Trinajstić information content (AvgIpc) is 3.02. The number of anilines is 1. The fraction of sp³-hybridized carbons (Fsp3) is 0.276. The number of hydrogen-bond acceptors (Lipinski definition) is 8. The molecule has 1 aliphatic rings. The maximum atomic E-state index is 13.7. The summed E-state index contributed by atoms with van der Waals surface area (Å²) in [5, 5.41) is 24.1. The second-order valence-electron chi connectivity index (χ2n) is 9.30. The molecule has 4 rings (SSSR count). The minimum Gasteiger partial charge on any atom is -0.495 e. The molecule has 43 heavy (non-hydrogen) atoms. The summed E-state index contributed by atoms with van der Waals surface area (Å²) in [5.41, 5.74) is 1.49. The number of ether oxygens (including phenoxy) is 1. The third-order valence-corrected chi connectivity index (χ3v) is 8.43. The van der Waals surface area contributed by atoms with Crippen molar-refractivity contribution in [3.8, 4) is 5.75 Å². The summed E-state index contributed by atoms with van der Waals surface area (Å²) in [4.78, 5) is 34.9. The zero-order chi connectivity index (χ0) is 31.6. The van der Waals surface area contributed by atoms with Crippen molar-refractivity contribution in [2.45, 2.75) is 11.5 Å². The molecule has 0 spiro atoms. The van der Waals surface area contributed by atoms with E-state index in [1.807, 2.05) is 0 Å². The van der Waals surface area contributed by atoms with Crippen molar-refractivity contribution in [3.05, 3.63) is 89.7 Å². The number of aliphatic hydroxyl groups is 1. The Kier molecular flexibility index (Phi) is 11.6. The number of piperazine rings is 1. The van der Waals surface area contributed by atoms with Gasteiger partial charge in [0.25, 0.3) is 15.9 Å². The number of hydrogen-bond donors (Lipinski definition) is 3. The summed E-state index contributed by atoms with van der Waals surface area (Å²) in [6.07, 6.45) is 0. The number of methoxy groups -OCH3 is 1. The van der Waals surface area contributed by atoms with E-state index in [0.717, 1.165) is 0 Å². The molecule has 1 fully saturated rings. The predicted octanol–water partition coefficient (Wildman–Crippen LogP) is 2.14. The van der Waals surface area contributed by atoms with Gasteiger partial charge in [-0.15, -0.1) is 0 Å². The second-order valence-corrected chi connectivity index (χ2v) is 11.2. The van der Waals surface area contributed by atoms with E-state index in [1.165, 1.54) is 47.8 Å². The fourth-order valence-corrected chi connectivity index (χ4v) is 5.75. The number of amides is 1. The molecule has 0 aliphatic carbocycles. The van der Waals surface area contributed by atoms with Gasteiger partial charge in [-0.1, -0.05) is 24.3 Å². The van der Waals surface area contributed by atoms with Crippen molar-refractivity contribution in [1.82, 2.24) is 9.80 Å². The second kappa shape index (κ2) is 15.1. The average molecular weight is 618 g/mol. The van der Waals surface area contributed by atoms with Crippen LogP contribution in [0, 0.1) is 5.82 Å². The molecule has 1 saturated heterocycles. The van der Waals surface area contributed by atoms with Crippen LogP contribution in [0.5, 0.6) is 5.75 Å². The van der Waals surface area contributed by atoms with Crippen molar-refractivity contribution in [2.24, 2.45) is 0 Å². The van der Waals surface area contributed by atoms with Crippen molar-refractivity contribution < 1.29 is 47.2 Å². The van der Waals surface area contributed by atoms with Crippen LogP contribution >= 0.6 is 0 Å². The minimum absolute atomic E-state index is 0.116. The lowest BCUT2D eigenvalue weighted by Crippen LogP contribution is -2.50. The Balaban J connectivity index is 0.000000765. The Morgan fingerprint density at radius 3 is 2.00 bits per heavy atom. The highest BCUT2D eigenvalue weighted by Gasteiger charge is 2.29. The number of carboxylic acids is 2. The first-order valence-electron chi connectivity index (χ1n) is 13.1. The van der Waals surface area contributed by atoms with Gasteiger partial charge in [0, 0.05) is 44.8 Å². The zero-order valence-electron chi connectivity index (χ0n) is 23.3. The number of carboxylic acid groups (broad SMARTS) is 2. The molecule has 14 heteroatoms. The van der Waals surface area contributed by atoms with Gasteiger partial charge in [-0.3, -0.25) is 14.0 Å². The van der Waals surface area contributed by atoms with E-state index in [0.29, 0.717) is 55.3 Å². The number of benzene rings is 3. The monoisotopic (exact) mass is 617 g/mol. The molecule has 0 radical (unpaired) electrons. The SMILES string of the molecule is COc1ccccc1N(CCN1CCN(C(=O)c2ccc(F)cc2)CC1)S(=O)(=O)c1ccc(CO)cc1.O=C(O)C(=O)O. The molecule has 0 saturated carbocycles. The minimum atomic E-state index is -3.93. The highest BCUT2D eigenvalue weighted by Crippen LogP contribution is 2.32. The van der Waals surface area contributed by atoms with Crippen LogP contribution in [0.2, 0.25) is 0 Å². The van der Waals surface area contributed by atoms with E-state index in [1.54, 1.807) is 41.3 Å². The molecule has 1 heterocycles. The maximum absolute atomic E-state index is 13.7. The van der Waals surface area contributed by atoms with Crippen LogP contribution in [0.4, 0.5) is 10.1 Å². The number of carbonyl (C=O) groups is 3. The molecule has 1 amide bonds. The Morgan fingerprint density at radius 2 is 1.47 bits per heavy atom. The number of aliphatic hydroxyl groups excluding tert-OH is 1. The summed E-state index contributed by atoms with van der Waals surface area (Å²) in [6, 6.07) is 18.6. The summed E-state index contributed by atoms with van der Waals surface area (Å²) in [7, 11) is -2.43. The molecule has 0 aromatic heterocycles. The molecule has 12 nitrogen and oxygen atoms in total. The van der Waals surface area contributed by atoms with Gasteiger partial charge in [0.15, 0.2) is 0 Å². The van der Waals surface area contributed by atoms with Crippen molar-refractivity contribution in [3.63, 3.8) is 0 Å². The smallest absolute Gasteiger partial charge is 0.414 e. The van der Waals surface area contributed by atoms with Gasteiger partial charge < -0.3 is 25.0 Å². The normalized spacial score (nSPS) is 13.4. The molecule has 3 N–H and O–H groups in total. The Hall–Kier alpha value is -4.53. The third kappa shape index (κ3) is 8.73. The van der Waals surface area contributed by atoms with E-state index in [9.17, 15) is 22.7 Å². The molecule has 0 unspecified atom stereocenters. The molecule has 3 aromatic rings. The number of rotatable bonds is 9. The number of carbonyl (C=O) groups excluding carboxylic acids is 1. The Labute approximate surface area is 248 Å². The first kappa shape index (κ1) is 33.0. The van der Waals surface area contributed by atoms with Gasteiger partial charge in [0.2, 0.25) is 0 Å². The quantitative estimate of drug-likeness (QED) is 0.303. The lowest BCUT2D eigenvalue weighted by molar-refractivity contribution is -0.159. The van der Waals surface area contributed by atoms with E-state index >= 15 is 0 Å². The van der Waals surface area contributed by atoms with Gasteiger partial charge in [-0.05, 0) is 54.1 Å². The van der Waals surface area contributed by atoms with Crippen LogP contribution in [0.15, 0.2) is 77.7 Å². The predicted molar refractivity (Wildman–Crippen MR) is 154 cm³/mol. The van der Waals surface area contributed by atoms with Crippen LogP contribution in [0.1, 0.15) is 15.9 Å². The van der Waals surface area contributed by atoms with E-state index in [2.05, 4.69) is 4.90 Å². The number of sulfonamides is 1. The third-order valence-electron chi connectivity index (χ3n) is 6.60. The molecule has 230 valence electrons. The highest BCUT2D eigenvalue weighted by atomic mass is 32.2. The fourth-order valence-electron chi connectivity index (χ4n) is 4.28.